The first kappa shape index (κ1) is 17.6. The van der Waals surface area contributed by atoms with Crippen LogP contribution in [0.5, 0.6) is 0 Å². The molecule has 134 valence electrons. The monoisotopic (exact) mass is 342 g/mol. The van der Waals surface area contributed by atoms with Gasteiger partial charge in [0, 0.05) is 31.1 Å². The number of benzene rings is 1. The Balaban J connectivity index is 1.54. The van der Waals surface area contributed by atoms with Gasteiger partial charge in [-0.05, 0) is 45.7 Å². The van der Waals surface area contributed by atoms with E-state index in [1.807, 2.05) is 49.9 Å². The molecule has 0 bridgehead atoms. The van der Waals surface area contributed by atoms with Crippen LogP contribution in [0.15, 0.2) is 30.3 Å². The van der Waals surface area contributed by atoms with Gasteiger partial charge in [0.1, 0.15) is 5.60 Å². The molecular weight excluding hydrogens is 316 g/mol. The number of carbonyl (C=O) groups is 1. The molecule has 1 amide bonds. The molecule has 3 rings (SSSR count). The molecule has 2 aromatic rings. The summed E-state index contributed by atoms with van der Waals surface area (Å²) < 4.78 is 5.50. The highest BCUT2D eigenvalue weighted by atomic mass is 16.6. The zero-order valence-corrected chi connectivity index (χ0v) is 15.2. The van der Waals surface area contributed by atoms with Crippen molar-refractivity contribution in [3.8, 4) is 0 Å². The van der Waals surface area contributed by atoms with Gasteiger partial charge >= 0.3 is 6.09 Å². The van der Waals surface area contributed by atoms with E-state index >= 15 is 0 Å². The molecule has 1 aromatic heterocycles. The van der Waals surface area contributed by atoms with Crippen molar-refractivity contribution in [2.24, 2.45) is 0 Å². The third-order valence-corrected chi connectivity index (χ3v) is 4.24. The highest BCUT2D eigenvalue weighted by molar-refractivity contribution is 5.77. The minimum Gasteiger partial charge on any atom is -0.444 e. The third-order valence-electron chi connectivity index (χ3n) is 4.24. The molecule has 1 saturated heterocycles. The Morgan fingerprint density at radius 3 is 2.92 bits per heavy atom. The normalized spacial score (nSPS) is 17.9. The van der Waals surface area contributed by atoms with Crippen LogP contribution in [0.4, 0.5) is 4.79 Å². The van der Waals surface area contributed by atoms with E-state index in [0.717, 1.165) is 42.5 Å². The molecule has 1 aliphatic rings. The lowest BCUT2D eigenvalue weighted by Crippen LogP contribution is -2.44. The Morgan fingerprint density at radius 2 is 2.12 bits per heavy atom. The summed E-state index contributed by atoms with van der Waals surface area (Å²) in [5.74, 6) is 0. The molecule has 1 aromatic carbocycles. The van der Waals surface area contributed by atoms with Crippen molar-refractivity contribution in [2.45, 2.75) is 51.8 Å². The maximum Gasteiger partial charge on any atom is 0.410 e. The molecule has 1 atom stereocenters. The van der Waals surface area contributed by atoms with Crippen molar-refractivity contribution in [3.63, 3.8) is 0 Å². The summed E-state index contributed by atoms with van der Waals surface area (Å²) in [6.45, 7) is 7.81. The van der Waals surface area contributed by atoms with E-state index in [0.29, 0.717) is 6.54 Å². The molecule has 25 heavy (non-hydrogen) atoms. The number of fused-ring (bicyclic) bond motifs is 1. The smallest absolute Gasteiger partial charge is 0.410 e. The molecule has 0 saturated carbocycles. The van der Waals surface area contributed by atoms with Crippen molar-refractivity contribution in [1.29, 1.82) is 0 Å². The van der Waals surface area contributed by atoms with Gasteiger partial charge in [-0.1, -0.05) is 18.2 Å². The molecule has 0 radical (unpaired) electrons. The fourth-order valence-corrected chi connectivity index (χ4v) is 3.09. The maximum absolute atomic E-state index is 12.3. The molecule has 0 aliphatic carbocycles. The highest BCUT2D eigenvalue weighted by Crippen LogP contribution is 2.20. The summed E-state index contributed by atoms with van der Waals surface area (Å²) in [5, 5.41) is 13.0. The average molecular weight is 342 g/mol. The van der Waals surface area contributed by atoms with Gasteiger partial charge in [0.15, 0.2) is 0 Å². The Kier molecular flexibility index (Phi) is 5.18. The van der Waals surface area contributed by atoms with E-state index < -0.39 is 5.60 Å². The number of aromatic nitrogens is 2. The van der Waals surface area contributed by atoms with Crippen LogP contribution in [-0.2, 0) is 11.3 Å². The highest BCUT2D eigenvalue weighted by Gasteiger charge is 2.31. The van der Waals surface area contributed by atoms with Gasteiger partial charge in [0.2, 0.25) is 0 Å². The van der Waals surface area contributed by atoms with Crippen LogP contribution in [0.3, 0.4) is 0 Å². The SMILES string of the molecule is CC(C)(C)OC(=O)N1CCC[C@H]1CNCc1cc2ccccc2nn1. The van der Waals surface area contributed by atoms with E-state index in [2.05, 4.69) is 21.6 Å². The van der Waals surface area contributed by atoms with Gasteiger partial charge in [-0.3, -0.25) is 0 Å². The number of nitrogens with zero attached hydrogens (tertiary/aromatic N) is 3. The first-order valence-electron chi connectivity index (χ1n) is 8.84. The minimum atomic E-state index is -0.460. The quantitative estimate of drug-likeness (QED) is 0.925. The molecule has 1 fully saturated rings. The molecule has 0 unspecified atom stereocenters. The van der Waals surface area contributed by atoms with Gasteiger partial charge in [-0.25, -0.2) is 4.79 Å². The summed E-state index contributed by atoms with van der Waals surface area (Å²) in [6, 6.07) is 10.2. The molecule has 2 heterocycles. The van der Waals surface area contributed by atoms with Gasteiger partial charge in [-0.2, -0.15) is 10.2 Å². The Bertz CT molecular complexity index is 742. The second-order valence-corrected chi connectivity index (χ2v) is 7.50. The average Bonchev–Trinajstić information content (AvgIpc) is 3.02. The van der Waals surface area contributed by atoms with E-state index in [9.17, 15) is 4.79 Å². The summed E-state index contributed by atoms with van der Waals surface area (Å²) in [6.07, 6.45) is 1.79. The van der Waals surface area contributed by atoms with Gasteiger partial charge in [0.05, 0.1) is 11.2 Å². The molecule has 1 aliphatic heterocycles. The predicted octanol–water partition coefficient (Wildman–Crippen LogP) is 3.12. The van der Waals surface area contributed by atoms with Crippen molar-refractivity contribution in [1.82, 2.24) is 20.4 Å². The standard InChI is InChI=1S/C19H26N4O2/c1-19(2,3)25-18(24)23-10-6-8-16(23)13-20-12-15-11-14-7-4-5-9-17(14)22-21-15/h4-5,7,9,11,16,20H,6,8,10,12-13H2,1-3H3/t16-/m0/s1. The number of amides is 1. The lowest BCUT2D eigenvalue weighted by atomic mass is 10.2. The van der Waals surface area contributed by atoms with Crippen molar-refractivity contribution in [3.05, 3.63) is 36.0 Å². The van der Waals surface area contributed by atoms with E-state index in [1.165, 1.54) is 0 Å². The first-order chi connectivity index (χ1) is 11.9. The maximum atomic E-state index is 12.3. The number of carbonyl (C=O) groups excluding carboxylic acids is 1. The van der Waals surface area contributed by atoms with Crippen LogP contribution in [0.1, 0.15) is 39.3 Å². The van der Waals surface area contributed by atoms with Gasteiger partial charge in [-0.15, -0.1) is 0 Å². The number of likely N-dealkylation sites (tertiary alicyclic amines) is 1. The molecule has 0 spiro atoms. The lowest BCUT2D eigenvalue weighted by molar-refractivity contribution is 0.0226. The number of hydrogen-bond acceptors (Lipinski definition) is 5. The zero-order chi connectivity index (χ0) is 17.9. The Hall–Kier alpha value is -2.21. The van der Waals surface area contributed by atoms with Crippen LogP contribution in [0.25, 0.3) is 10.9 Å². The van der Waals surface area contributed by atoms with E-state index in [1.54, 1.807) is 0 Å². The number of ether oxygens (including phenoxy) is 1. The second-order valence-electron chi connectivity index (χ2n) is 7.50. The third kappa shape index (κ3) is 4.66. The summed E-state index contributed by atoms with van der Waals surface area (Å²) in [4.78, 5) is 14.1. The fourth-order valence-electron chi connectivity index (χ4n) is 3.09. The van der Waals surface area contributed by atoms with E-state index in [-0.39, 0.29) is 12.1 Å². The largest absolute Gasteiger partial charge is 0.444 e. The summed E-state index contributed by atoms with van der Waals surface area (Å²) in [5.41, 5.74) is 1.34. The minimum absolute atomic E-state index is 0.170. The number of rotatable bonds is 4. The number of nitrogens with one attached hydrogen (secondary N) is 1. The predicted molar refractivity (Wildman–Crippen MR) is 97.2 cm³/mol. The van der Waals surface area contributed by atoms with Crippen LogP contribution in [0.2, 0.25) is 0 Å². The van der Waals surface area contributed by atoms with Gasteiger partial charge < -0.3 is 15.0 Å². The van der Waals surface area contributed by atoms with Crippen molar-refractivity contribution in [2.75, 3.05) is 13.1 Å². The summed E-state index contributed by atoms with van der Waals surface area (Å²) >= 11 is 0. The Morgan fingerprint density at radius 1 is 1.32 bits per heavy atom. The van der Waals surface area contributed by atoms with Crippen LogP contribution in [-0.4, -0.2) is 45.9 Å². The Labute approximate surface area is 148 Å². The van der Waals surface area contributed by atoms with Crippen molar-refractivity contribution < 1.29 is 9.53 Å². The lowest BCUT2D eigenvalue weighted by Gasteiger charge is -2.28. The van der Waals surface area contributed by atoms with Crippen molar-refractivity contribution >= 4 is 17.0 Å². The van der Waals surface area contributed by atoms with Crippen LogP contribution in [0, 0.1) is 0 Å². The number of hydrogen-bond donors (Lipinski definition) is 1. The topological polar surface area (TPSA) is 67.3 Å². The van der Waals surface area contributed by atoms with Crippen LogP contribution >= 0.6 is 0 Å². The molecule has 6 nitrogen and oxygen atoms in total. The first-order valence-corrected chi connectivity index (χ1v) is 8.84. The van der Waals surface area contributed by atoms with Gasteiger partial charge in [0.25, 0.3) is 0 Å². The van der Waals surface area contributed by atoms with E-state index in [4.69, 9.17) is 4.74 Å². The molecule has 1 N–H and O–H groups in total. The molecule has 6 heteroatoms. The summed E-state index contributed by atoms with van der Waals surface area (Å²) in [7, 11) is 0. The zero-order valence-electron chi connectivity index (χ0n) is 15.2. The fraction of sp³-hybridized carbons (Fsp3) is 0.526. The van der Waals surface area contributed by atoms with Crippen LogP contribution < -0.4 is 5.32 Å². The second kappa shape index (κ2) is 7.35. The molecular formula is C19H26N4O2.